The first-order chi connectivity index (χ1) is 9.64. The van der Waals surface area contributed by atoms with Crippen molar-refractivity contribution in [3.05, 3.63) is 30.3 Å². The number of nitrogens with zero attached hydrogens (tertiary/aromatic N) is 1. The molecule has 1 saturated heterocycles. The highest BCUT2D eigenvalue weighted by atomic mass is 32.2. The minimum absolute atomic E-state index is 0.0498. The van der Waals surface area contributed by atoms with Crippen molar-refractivity contribution in [3.63, 3.8) is 0 Å². The molecule has 0 spiro atoms. The molecule has 0 N–H and O–H groups in total. The number of rotatable bonds is 3. The van der Waals surface area contributed by atoms with Gasteiger partial charge in [0, 0.05) is 24.5 Å². The van der Waals surface area contributed by atoms with E-state index in [1.54, 1.807) is 30.3 Å². The minimum Gasteiger partial charge on any atom is -0.300 e. The predicted octanol–water partition coefficient (Wildman–Crippen LogP) is 2.15. The van der Waals surface area contributed by atoms with Crippen molar-refractivity contribution in [3.8, 4) is 0 Å². The van der Waals surface area contributed by atoms with Crippen molar-refractivity contribution >= 4 is 15.6 Å². The van der Waals surface area contributed by atoms with Crippen LogP contribution >= 0.6 is 0 Å². The van der Waals surface area contributed by atoms with Gasteiger partial charge in [0.15, 0.2) is 9.84 Å². The zero-order valence-corrected chi connectivity index (χ0v) is 13.9. The maximum atomic E-state index is 12.8. The normalized spacial score (nSPS) is 24.2. The highest BCUT2D eigenvalue weighted by Crippen LogP contribution is 2.32. The Hall–Kier alpha value is -1.20. The summed E-state index contributed by atoms with van der Waals surface area (Å²) in [6.07, 6.45) is 0. The first-order valence-electron chi connectivity index (χ1n) is 7.18. The molecule has 21 heavy (non-hydrogen) atoms. The topological polar surface area (TPSA) is 54.5 Å². The van der Waals surface area contributed by atoms with E-state index in [-0.39, 0.29) is 11.3 Å². The van der Waals surface area contributed by atoms with Crippen molar-refractivity contribution in [2.24, 2.45) is 5.92 Å². The number of Topliss-reactive ketones (excluding diaryl/α,β-unsaturated/α-hetero) is 1. The van der Waals surface area contributed by atoms with E-state index in [1.165, 1.54) is 6.92 Å². The summed E-state index contributed by atoms with van der Waals surface area (Å²) in [4.78, 5) is 14.3. The standard InChI is InChI=1S/C16H23NO3S/c1-12(18)14-10-17(16(2,3)4)11-15(14)21(19,20)13-8-6-5-7-9-13/h5-9,14-15H,10-11H2,1-4H3/t14-,15+/m0/s1. The van der Waals surface area contributed by atoms with Gasteiger partial charge in [-0.15, -0.1) is 0 Å². The van der Waals surface area contributed by atoms with E-state index in [9.17, 15) is 13.2 Å². The Morgan fingerprint density at radius 2 is 1.71 bits per heavy atom. The van der Waals surface area contributed by atoms with Crippen molar-refractivity contribution in [2.75, 3.05) is 13.1 Å². The first kappa shape index (κ1) is 16.2. The third-order valence-electron chi connectivity index (χ3n) is 4.21. The van der Waals surface area contributed by atoms with Gasteiger partial charge in [0.25, 0.3) is 0 Å². The molecule has 1 aliphatic heterocycles. The molecule has 4 nitrogen and oxygen atoms in total. The molecular weight excluding hydrogens is 286 g/mol. The lowest BCUT2D eigenvalue weighted by atomic mass is 10.0. The summed E-state index contributed by atoms with van der Waals surface area (Å²) in [5.74, 6) is -0.499. The minimum atomic E-state index is -3.49. The number of hydrogen-bond donors (Lipinski definition) is 0. The van der Waals surface area contributed by atoms with Crippen LogP contribution in [0.2, 0.25) is 0 Å². The summed E-state index contributed by atoms with van der Waals surface area (Å²) in [5.41, 5.74) is -0.144. The SMILES string of the molecule is CC(=O)[C@@H]1CN(C(C)(C)C)C[C@H]1S(=O)(=O)c1ccccc1. The highest BCUT2D eigenvalue weighted by molar-refractivity contribution is 7.92. The fourth-order valence-electron chi connectivity index (χ4n) is 2.81. The molecule has 0 bridgehead atoms. The van der Waals surface area contributed by atoms with Gasteiger partial charge in [0.1, 0.15) is 5.78 Å². The van der Waals surface area contributed by atoms with Crippen LogP contribution in [0.3, 0.4) is 0 Å². The van der Waals surface area contributed by atoms with E-state index in [4.69, 9.17) is 0 Å². The summed E-state index contributed by atoms with van der Waals surface area (Å²) < 4.78 is 25.7. The van der Waals surface area contributed by atoms with E-state index in [2.05, 4.69) is 4.90 Å². The fourth-order valence-corrected chi connectivity index (χ4v) is 4.78. The van der Waals surface area contributed by atoms with E-state index < -0.39 is 21.0 Å². The Morgan fingerprint density at radius 3 is 2.19 bits per heavy atom. The molecule has 0 unspecified atom stereocenters. The molecule has 0 saturated carbocycles. The number of likely N-dealkylation sites (tertiary alicyclic amines) is 1. The lowest BCUT2D eigenvalue weighted by Gasteiger charge is -2.31. The Morgan fingerprint density at radius 1 is 1.14 bits per heavy atom. The average molecular weight is 309 g/mol. The Balaban J connectivity index is 2.39. The monoisotopic (exact) mass is 309 g/mol. The van der Waals surface area contributed by atoms with Crippen molar-refractivity contribution in [1.82, 2.24) is 4.90 Å². The average Bonchev–Trinajstić information content (AvgIpc) is 2.85. The second-order valence-electron chi connectivity index (χ2n) is 6.69. The summed E-state index contributed by atoms with van der Waals surface area (Å²) in [6, 6.07) is 8.43. The quantitative estimate of drug-likeness (QED) is 0.858. The van der Waals surface area contributed by atoms with E-state index >= 15 is 0 Å². The van der Waals surface area contributed by atoms with Crippen LogP contribution in [0.15, 0.2) is 35.2 Å². The molecule has 0 aliphatic carbocycles. The molecule has 0 aromatic heterocycles. The van der Waals surface area contributed by atoms with E-state index in [0.29, 0.717) is 18.0 Å². The third kappa shape index (κ3) is 3.19. The van der Waals surface area contributed by atoms with Gasteiger partial charge in [0.05, 0.1) is 10.1 Å². The van der Waals surface area contributed by atoms with Crippen LogP contribution in [0, 0.1) is 5.92 Å². The number of sulfone groups is 1. The van der Waals surface area contributed by atoms with Gasteiger partial charge in [-0.1, -0.05) is 18.2 Å². The first-order valence-corrected chi connectivity index (χ1v) is 8.73. The molecule has 0 amide bonds. The summed E-state index contributed by atoms with van der Waals surface area (Å²) in [7, 11) is -3.49. The van der Waals surface area contributed by atoms with Gasteiger partial charge in [0.2, 0.25) is 0 Å². The van der Waals surface area contributed by atoms with E-state index in [0.717, 1.165) is 0 Å². The number of hydrogen-bond acceptors (Lipinski definition) is 4. The molecule has 2 rings (SSSR count). The molecule has 5 heteroatoms. The van der Waals surface area contributed by atoms with Crippen LogP contribution in [0.5, 0.6) is 0 Å². The van der Waals surface area contributed by atoms with Gasteiger partial charge < -0.3 is 0 Å². The Bertz CT molecular complexity index is 617. The Kier molecular flexibility index (Phi) is 4.26. The van der Waals surface area contributed by atoms with Crippen molar-refractivity contribution in [2.45, 2.75) is 43.4 Å². The van der Waals surface area contributed by atoms with Gasteiger partial charge in [-0.05, 0) is 39.8 Å². The number of ketones is 1. The van der Waals surface area contributed by atoms with Gasteiger partial charge in [-0.2, -0.15) is 0 Å². The van der Waals surface area contributed by atoms with E-state index in [1.807, 2.05) is 20.8 Å². The molecular formula is C16H23NO3S. The largest absolute Gasteiger partial charge is 0.300 e. The number of benzene rings is 1. The molecule has 1 heterocycles. The lowest BCUT2D eigenvalue weighted by Crippen LogP contribution is -2.40. The van der Waals surface area contributed by atoms with Crippen LogP contribution in [-0.4, -0.2) is 43.0 Å². The van der Waals surface area contributed by atoms with Crippen molar-refractivity contribution < 1.29 is 13.2 Å². The molecule has 0 radical (unpaired) electrons. The van der Waals surface area contributed by atoms with Crippen LogP contribution in [-0.2, 0) is 14.6 Å². The molecule has 1 fully saturated rings. The summed E-state index contributed by atoms with van der Waals surface area (Å²) in [6.45, 7) is 8.54. The van der Waals surface area contributed by atoms with Gasteiger partial charge >= 0.3 is 0 Å². The van der Waals surface area contributed by atoms with Crippen LogP contribution in [0.4, 0.5) is 0 Å². The van der Waals surface area contributed by atoms with Gasteiger partial charge in [-0.25, -0.2) is 8.42 Å². The maximum Gasteiger partial charge on any atom is 0.183 e. The van der Waals surface area contributed by atoms with Crippen LogP contribution in [0.1, 0.15) is 27.7 Å². The fraction of sp³-hybridized carbons (Fsp3) is 0.562. The zero-order valence-electron chi connectivity index (χ0n) is 13.0. The number of carbonyl (C=O) groups is 1. The molecule has 1 aliphatic rings. The lowest BCUT2D eigenvalue weighted by molar-refractivity contribution is -0.120. The Labute approximate surface area is 127 Å². The maximum absolute atomic E-state index is 12.8. The second kappa shape index (κ2) is 5.54. The molecule has 1 aromatic rings. The summed E-state index contributed by atoms with van der Waals surface area (Å²) >= 11 is 0. The summed E-state index contributed by atoms with van der Waals surface area (Å²) in [5, 5.41) is -0.656. The number of carbonyl (C=O) groups excluding carboxylic acids is 1. The molecule has 1 aromatic carbocycles. The molecule has 116 valence electrons. The van der Waals surface area contributed by atoms with Crippen LogP contribution in [0.25, 0.3) is 0 Å². The smallest absolute Gasteiger partial charge is 0.183 e. The zero-order chi connectivity index (χ0) is 15.8. The second-order valence-corrected chi connectivity index (χ2v) is 8.86. The predicted molar refractivity (Wildman–Crippen MR) is 82.9 cm³/mol. The third-order valence-corrected chi connectivity index (χ3v) is 6.41. The molecule has 2 atom stereocenters. The van der Waals surface area contributed by atoms with Gasteiger partial charge in [-0.3, -0.25) is 9.69 Å². The van der Waals surface area contributed by atoms with Crippen LogP contribution < -0.4 is 0 Å². The highest BCUT2D eigenvalue weighted by Gasteiger charge is 2.46. The van der Waals surface area contributed by atoms with Crippen molar-refractivity contribution in [1.29, 1.82) is 0 Å².